The molecule has 0 aromatic carbocycles. The highest BCUT2D eigenvalue weighted by Crippen LogP contribution is 2.19. The fourth-order valence-corrected chi connectivity index (χ4v) is 1.70. The van der Waals surface area contributed by atoms with Gasteiger partial charge in [0.15, 0.2) is 11.9 Å². The van der Waals surface area contributed by atoms with Gasteiger partial charge in [-0.15, -0.1) is 0 Å². The summed E-state index contributed by atoms with van der Waals surface area (Å²) in [4.78, 5) is 26.3. The third kappa shape index (κ3) is 2.83. The first-order valence-corrected chi connectivity index (χ1v) is 5.51. The number of rotatable bonds is 4. The van der Waals surface area contributed by atoms with Crippen LogP contribution in [-0.2, 0) is 20.9 Å². The molecule has 2 atom stereocenters. The van der Waals surface area contributed by atoms with E-state index in [-0.39, 0.29) is 12.5 Å². The quantitative estimate of drug-likeness (QED) is 0.753. The van der Waals surface area contributed by atoms with Crippen molar-refractivity contribution in [2.24, 2.45) is 0 Å². The topological polar surface area (TPSA) is 115 Å². The lowest BCUT2D eigenvalue weighted by molar-refractivity contribution is -0.151. The third-order valence-corrected chi connectivity index (χ3v) is 2.58. The van der Waals surface area contributed by atoms with Crippen molar-refractivity contribution in [2.45, 2.75) is 38.5 Å². The summed E-state index contributed by atoms with van der Waals surface area (Å²) < 4.78 is 9.85. The zero-order chi connectivity index (χ0) is 13.1. The largest absolute Gasteiger partial charge is 0.479 e. The number of ether oxygens (including phenoxy) is 1. The zero-order valence-electron chi connectivity index (χ0n) is 9.75. The first kappa shape index (κ1) is 12.5. The summed E-state index contributed by atoms with van der Waals surface area (Å²) in [6.45, 7) is 1.78. The third-order valence-electron chi connectivity index (χ3n) is 2.58. The van der Waals surface area contributed by atoms with Crippen LogP contribution in [-0.4, -0.2) is 39.3 Å². The number of nitrogens with zero attached hydrogens (tertiary/aromatic N) is 2. The summed E-state index contributed by atoms with van der Waals surface area (Å²) >= 11 is 0. The predicted octanol–water partition coefficient (Wildman–Crippen LogP) is -0.374. The second-order valence-corrected chi connectivity index (χ2v) is 3.98. The first-order valence-electron chi connectivity index (χ1n) is 5.51. The summed E-state index contributed by atoms with van der Waals surface area (Å²) in [6, 6.07) is 0. The van der Waals surface area contributed by atoms with Crippen LogP contribution in [0.5, 0.6) is 0 Å². The van der Waals surface area contributed by atoms with Gasteiger partial charge in [0.05, 0.1) is 6.54 Å². The van der Waals surface area contributed by atoms with Gasteiger partial charge in [0, 0.05) is 6.92 Å². The summed E-state index contributed by atoms with van der Waals surface area (Å²) in [5.74, 6) is -0.615. The minimum absolute atomic E-state index is 0.133. The summed E-state index contributed by atoms with van der Waals surface area (Å²) in [6.07, 6.45) is -0.879. The van der Waals surface area contributed by atoms with Crippen molar-refractivity contribution in [3.05, 3.63) is 11.7 Å². The predicted molar refractivity (Wildman–Crippen MR) is 56.4 cm³/mol. The number of hydrogen-bond acceptors (Lipinski definition) is 6. The second kappa shape index (κ2) is 5.13. The van der Waals surface area contributed by atoms with Crippen LogP contribution in [0.1, 0.15) is 24.6 Å². The van der Waals surface area contributed by atoms with E-state index in [1.165, 1.54) is 0 Å². The van der Waals surface area contributed by atoms with Gasteiger partial charge in [-0.25, -0.2) is 4.79 Å². The van der Waals surface area contributed by atoms with Crippen LogP contribution in [0.3, 0.4) is 0 Å². The molecule has 1 aliphatic heterocycles. The number of aromatic nitrogens is 2. The van der Waals surface area contributed by atoms with Gasteiger partial charge in [0.25, 0.3) is 0 Å². The van der Waals surface area contributed by atoms with Gasteiger partial charge in [0.2, 0.25) is 11.8 Å². The monoisotopic (exact) mass is 255 g/mol. The minimum Gasteiger partial charge on any atom is -0.479 e. The van der Waals surface area contributed by atoms with Crippen LogP contribution in [0.25, 0.3) is 0 Å². The summed E-state index contributed by atoms with van der Waals surface area (Å²) in [5.41, 5.74) is 0. The van der Waals surface area contributed by atoms with Gasteiger partial charge in [0.1, 0.15) is 6.10 Å². The van der Waals surface area contributed by atoms with E-state index in [0.717, 1.165) is 0 Å². The molecule has 1 aliphatic rings. The standard InChI is InChI=1S/C10H13N3O5/c1-5-12-8(13-18-5)4-11-9(14)6-2-3-7(17-6)10(15)16/h6-7H,2-4H2,1H3,(H,11,14)(H,15,16). The molecule has 0 saturated carbocycles. The minimum atomic E-state index is -1.04. The molecule has 2 N–H and O–H groups in total. The second-order valence-electron chi connectivity index (χ2n) is 3.98. The SMILES string of the molecule is Cc1nc(CNC(=O)C2CCC(C(=O)O)O2)no1. The lowest BCUT2D eigenvalue weighted by atomic mass is 10.2. The average molecular weight is 255 g/mol. The molecule has 2 unspecified atom stereocenters. The molecule has 8 heteroatoms. The number of nitrogens with one attached hydrogen (secondary N) is 1. The molecule has 2 heterocycles. The number of carboxylic acid groups (broad SMARTS) is 1. The Kier molecular flexibility index (Phi) is 3.56. The van der Waals surface area contributed by atoms with E-state index in [2.05, 4.69) is 15.5 Å². The van der Waals surface area contributed by atoms with Gasteiger partial charge in [-0.2, -0.15) is 4.98 Å². The number of hydrogen-bond donors (Lipinski definition) is 2. The number of amides is 1. The fourth-order valence-electron chi connectivity index (χ4n) is 1.70. The maximum atomic E-state index is 11.7. The van der Waals surface area contributed by atoms with Crippen molar-refractivity contribution in [2.75, 3.05) is 0 Å². The van der Waals surface area contributed by atoms with Gasteiger partial charge < -0.3 is 19.7 Å². The maximum Gasteiger partial charge on any atom is 0.332 e. The number of aryl methyl sites for hydroxylation is 1. The maximum absolute atomic E-state index is 11.7. The Balaban J connectivity index is 1.80. The van der Waals surface area contributed by atoms with Crippen molar-refractivity contribution < 1.29 is 24.0 Å². The molecule has 0 spiro atoms. The van der Waals surface area contributed by atoms with E-state index in [9.17, 15) is 9.59 Å². The van der Waals surface area contributed by atoms with E-state index in [4.69, 9.17) is 14.4 Å². The summed E-state index contributed by atoms with van der Waals surface area (Å²) in [7, 11) is 0. The van der Waals surface area contributed by atoms with Crippen LogP contribution in [0.4, 0.5) is 0 Å². The molecule has 18 heavy (non-hydrogen) atoms. The Hall–Kier alpha value is -1.96. The number of carbonyl (C=O) groups is 2. The van der Waals surface area contributed by atoms with E-state index in [1.807, 2.05) is 0 Å². The molecule has 1 fully saturated rings. The van der Waals surface area contributed by atoms with Crippen molar-refractivity contribution in [1.29, 1.82) is 0 Å². The van der Waals surface area contributed by atoms with Crippen molar-refractivity contribution in [3.63, 3.8) is 0 Å². The van der Waals surface area contributed by atoms with Crippen LogP contribution in [0.15, 0.2) is 4.52 Å². The van der Waals surface area contributed by atoms with Gasteiger partial charge in [-0.3, -0.25) is 4.79 Å². The van der Waals surface area contributed by atoms with E-state index >= 15 is 0 Å². The Bertz CT molecular complexity index is 458. The van der Waals surface area contributed by atoms with Crippen LogP contribution < -0.4 is 5.32 Å². The number of carbonyl (C=O) groups excluding carboxylic acids is 1. The molecular weight excluding hydrogens is 242 g/mol. The highest BCUT2D eigenvalue weighted by molar-refractivity contribution is 5.82. The van der Waals surface area contributed by atoms with Gasteiger partial charge >= 0.3 is 5.97 Å². The number of carboxylic acids is 1. The van der Waals surface area contributed by atoms with Crippen molar-refractivity contribution >= 4 is 11.9 Å². The highest BCUT2D eigenvalue weighted by Gasteiger charge is 2.34. The lowest BCUT2D eigenvalue weighted by Crippen LogP contribution is -2.35. The van der Waals surface area contributed by atoms with Crippen LogP contribution >= 0.6 is 0 Å². The first-order chi connectivity index (χ1) is 8.56. The van der Waals surface area contributed by atoms with Gasteiger partial charge in [-0.1, -0.05) is 5.16 Å². The normalized spacial score (nSPS) is 22.9. The highest BCUT2D eigenvalue weighted by atomic mass is 16.5. The molecule has 1 aromatic rings. The molecular formula is C10H13N3O5. The molecule has 1 saturated heterocycles. The Morgan fingerprint density at radius 3 is 2.72 bits per heavy atom. The zero-order valence-corrected chi connectivity index (χ0v) is 9.75. The van der Waals surface area contributed by atoms with Crippen molar-refractivity contribution in [1.82, 2.24) is 15.5 Å². The Morgan fingerprint density at radius 1 is 1.44 bits per heavy atom. The molecule has 8 nitrogen and oxygen atoms in total. The van der Waals surface area contributed by atoms with Crippen LogP contribution in [0, 0.1) is 6.92 Å². The molecule has 98 valence electrons. The molecule has 1 aromatic heterocycles. The smallest absolute Gasteiger partial charge is 0.332 e. The van der Waals surface area contributed by atoms with Gasteiger partial charge in [-0.05, 0) is 12.8 Å². The average Bonchev–Trinajstić information content (AvgIpc) is 2.94. The lowest BCUT2D eigenvalue weighted by Gasteiger charge is -2.10. The van der Waals surface area contributed by atoms with E-state index in [1.54, 1.807) is 6.92 Å². The number of aliphatic carboxylic acids is 1. The fraction of sp³-hybridized carbons (Fsp3) is 0.600. The van der Waals surface area contributed by atoms with E-state index in [0.29, 0.717) is 24.6 Å². The van der Waals surface area contributed by atoms with Crippen LogP contribution in [0.2, 0.25) is 0 Å². The Labute approximate surface area is 102 Å². The van der Waals surface area contributed by atoms with Crippen molar-refractivity contribution in [3.8, 4) is 0 Å². The molecule has 1 amide bonds. The Morgan fingerprint density at radius 2 is 2.17 bits per heavy atom. The van der Waals surface area contributed by atoms with E-state index < -0.39 is 18.2 Å². The molecule has 0 radical (unpaired) electrons. The molecule has 2 rings (SSSR count). The summed E-state index contributed by atoms with van der Waals surface area (Å²) in [5, 5.41) is 14.9. The molecule has 0 bridgehead atoms. The molecule has 0 aliphatic carbocycles.